The number of hydrogen-bond donors (Lipinski definition) is 0. The van der Waals surface area contributed by atoms with Crippen molar-refractivity contribution in [3.8, 4) is 0 Å². The highest BCUT2D eigenvalue weighted by Gasteiger charge is 2.65. The number of ether oxygens (including phenoxy) is 2. The van der Waals surface area contributed by atoms with Crippen molar-refractivity contribution in [2.75, 3.05) is 7.11 Å². The quantitative estimate of drug-likeness (QED) is 0.602. The Morgan fingerprint density at radius 2 is 1.74 bits per heavy atom. The van der Waals surface area contributed by atoms with Crippen LogP contribution in [-0.2, 0) is 23.9 Å². The van der Waals surface area contributed by atoms with E-state index >= 15 is 0 Å². The number of benzene rings is 1. The van der Waals surface area contributed by atoms with Crippen LogP contribution in [0.25, 0.3) is 0 Å². The summed E-state index contributed by atoms with van der Waals surface area (Å²) in [7, 11) is 1.38. The minimum absolute atomic E-state index is 0.00956. The number of carbonyl (C=O) groups is 3. The third kappa shape index (κ3) is 2.75. The van der Waals surface area contributed by atoms with Gasteiger partial charge in [-0.2, -0.15) is 0 Å². The minimum Gasteiger partial charge on any atom is -0.469 e. The summed E-state index contributed by atoms with van der Waals surface area (Å²) >= 11 is 0. The number of fused-ring (bicyclic) bond motifs is 5. The molecule has 3 aliphatic rings. The molecule has 0 N–H and O–H groups in total. The SMILES string of the molecule is COC(=O)CC[C@@H]1C[C@@H]2O[C@H]1[C@H]1C(=O)C(c3c(C)cc(C)cc3C)C(=O)[C@H]12. The molecule has 2 heterocycles. The molecule has 1 aliphatic carbocycles. The smallest absolute Gasteiger partial charge is 0.305 e. The highest BCUT2D eigenvalue weighted by atomic mass is 16.5. The molecule has 6 atom stereocenters. The zero-order valence-corrected chi connectivity index (χ0v) is 16.3. The molecular formula is C22H26O5. The molecular weight excluding hydrogens is 344 g/mol. The zero-order chi connectivity index (χ0) is 19.5. The van der Waals surface area contributed by atoms with Gasteiger partial charge < -0.3 is 9.47 Å². The van der Waals surface area contributed by atoms with Gasteiger partial charge in [0.25, 0.3) is 0 Å². The second-order valence-electron chi connectivity index (χ2n) is 8.35. The van der Waals surface area contributed by atoms with Gasteiger partial charge in [-0.25, -0.2) is 0 Å². The lowest BCUT2D eigenvalue weighted by Gasteiger charge is -2.25. The van der Waals surface area contributed by atoms with Crippen molar-refractivity contribution in [2.24, 2.45) is 17.8 Å². The largest absolute Gasteiger partial charge is 0.469 e. The van der Waals surface area contributed by atoms with Gasteiger partial charge in [0.05, 0.1) is 31.2 Å². The van der Waals surface area contributed by atoms with Gasteiger partial charge in [-0.15, -0.1) is 0 Å². The second kappa shape index (κ2) is 6.55. The van der Waals surface area contributed by atoms with E-state index in [2.05, 4.69) is 0 Å². The van der Waals surface area contributed by atoms with Crippen molar-refractivity contribution in [3.05, 3.63) is 34.4 Å². The van der Waals surface area contributed by atoms with Crippen LogP contribution in [0.1, 0.15) is 47.4 Å². The normalized spacial score (nSPS) is 34.2. The summed E-state index contributed by atoms with van der Waals surface area (Å²) in [4.78, 5) is 38.0. The Morgan fingerprint density at radius 3 is 2.37 bits per heavy atom. The highest BCUT2D eigenvalue weighted by Crippen LogP contribution is 2.55. The molecule has 27 heavy (non-hydrogen) atoms. The van der Waals surface area contributed by atoms with E-state index in [0.29, 0.717) is 12.8 Å². The molecule has 2 saturated heterocycles. The molecule has 1 aromatic carbocycles. The van der Waals surface area contributed by atoms with Crippen molar-refractivity contribution in [1.82, 2.24) is 0 Å². The molecule has 0 aromatic heterocycles. The van der Waals surface area contributed by atoms with Crippen molar-refractivity contribution in [2.45, 2.75) is 58.2 Å². The Morgan fingerprint density at radius 1 is 1.11 bits per heavy atom. The fourth-order valence-corrected chi connectivity index (χ4v) is 5.69. The van der Waals surface area contributed by atoms with E-state index in [9.17, 15) is 14.4 Å². The average molecular weight is 370 g/mol. The number of carbonyl (C=O) groups excluding carboxylic acids is 3. The molecule has 5 heteroatoms. The van der Waals surface area contributed by atoms with Crippen LogP contribution in [0.2, 0.25) is 0 Å². The van der Waals surface area contributed by atoms with Gasteiger partial charge >= 0.3 is 5.97 Å². The van der Waals surface area contributed by atoms with Gasteiger partial charge in [0.1, 0.15) is 5.92 Å². The van der Waals surface area contributed by atoms with E-state index in [4.69, 9.17) is 9.47 Å². The number of aryl methyl sites for hydroxylation is 3. The van der Waals surface area contributed by atoms with Crippen molar-refractivity contribution >= 4 is 17.5 Å². The first kappa shape index (κ1) is 18.4. The van der Waals surface area contributed by atoms with Crippen LogP contribution in [0, 0.1) is 38.5 Å². The Bertz CT molecular complexity index is 803. The maximum atomic E-state index is 13.3. The molecule has 2 aliphatic heterocycles. The van der Waals surface area contributed by atoms with Gasteiger partial charge in [-0.3, -0.25) is 14.4 Å². The summed E-state index contributed by atoms with van der Waals surface area (Å²) in [5, 5.41) is 0. The van der Waals surface area contributed by atoms with Crippen molar-refractivity contribution < 1.29 is 23.9 Å². The summed E-state index contributed by atoms with van der Waals surface area (Å²) in [6.07, 6.45) is 1.30. The summed E-state index contributed by atoms with van der Waals surface area (Å²) in [6, 6.07) is 4.09. The number of methoxy groups -OCH3 is 1. The third-order valence-electron chi connectivity index (χ3n) is 6.67. The van der Waals surface area contributed by atoms with Gasteiger partial charge in [-0.1, -0.05) is 17.7 Å². The van der Waals surface area contributed by atoms with Crippen molar-refractivity contribution in [1.29, 1.82) is 0 Å². The lowest BCUT2D eigenvalue weighted by molar-refractivity contribution is -0.141. The van der Waals surface area contributed by atoms with Gasteiger partial charge in [0.15, 0.2) is 11.6 Å². The summed E-state index contributed by atoms with van der Waals surface area (Å²) < 4.78 is 10.8. The van der Waals surface area contributed by atoms with E-state index in [1.54, 1.807) is 0 Å². The van der Waals surface area contributed by atoms with Crippen molar-refractivity contribution in [3.63, 3.8) is 0 Å². The average Bonchev–Trinajstić information content (AvgIpc) is 3.25. The molecule has 3 fully saturated rings. The topological polar surface area (TPSA) is 69.7 Å². The third-order valence-corrected chi connectivity index (χ3v) is 6.67. The van der Waals surface area contributed by atoms with Crippen LogP contribution >= 0.6 is 0 Å². The molecule has 0 spiro atoms. The monoisotopic (exact) mass is 370 g/mol. The van der Waals surface area contributed by atoms with Crippen LogP contribution in [0.4, 0.5) is 0 Å². The number of esters is 1. The Labute approximate surface area is 159 Å². The first-order valence-electron chi connectivity index (χ1n) is 9.71. The van der Waals surface area contributed by atoms with Gasteiger partial charge in [-0.05, 0) is 56.2 Å². The van der Waals surface area contributed by atoms with Crippen LogP contribution in [0.15, 0.2) is 12.1 Å². The molecule has 0 amide bonds. The minimum atomic E-state index is -0.658. The number of hydrogen-bond acceptors (Lipinski definition) is 5. The fraction of sp³-hybridized carbons (Fsp3) is 0.591. The Hall–Kier alpha value is -2.01. The van der Waals surface area contributed by atoms with Crippen LogP contribution < -0.4 is 0 Å². The van der Waals surface area contributed by atoms with E-state index in [1.807, 2.05) is 32.9 Å². The predicted octanol–water partition coefficient (Wildman–Crippen LogP) is 2.82. The second-order valence-corrected chi connectivity index (χ2v) is 8.35. The first-order valence-corrected chi connectivity index (χ1v) is 9.71. The predicted molar refractivity (Wildman–Crippen MR) is 98.4 cm³/mol. The van der Waals surface area contributed by atoms with Crippen LogP contribution in [0.5, 0.6) is 0 Å². The van der Waals surface area contributed by atoms with Crippen LogP contribution in [0.3, 0.4) is 0 Å². The Balaban J connectivity index is 1.61. The van der Waals surface area contributed by atoms with E-state index < -0.39 is 5.92 Å². The molecule has 5 nitrogen and oxygen atoms in total. The van der Waals surface area contributed by atoms with E-state index in [0.717, 1.165) is 28.7 Å². The fourth-order valence-electron chi connectivity index (χ4n) is 5.69. The summed E-state index contributed by atoms with van der Waals surface area (Å²) in [6.45, 7) is 5.99. The van der Waals surface area contributed by atoms with E-state index in [1.165, 1.54) is 7.11 Å². The molecule has 0 radical (unpaired) electrons. The number of ketones is 2. The zero-order valence-electron chi connectivity index (χ0n) is 16.3. The number of rotatable bonds is 4. The summed E-state index contributed by atoms with van der Waals surface area (Å²) in [5.41, 5.74) is 4.04. The lowest BCUT2D eigenvalue weighted by Crippen LogP contribution is -2.35. The summed E-state index contributed by atoms with van der Waals surface area (Å²) in [5.74, 6) is -1.40. The maximum Gasteiger partial charge on any atom is 0.305 e. The van der Waals surface area contributed by atoms with Crippen LogP contribution in [-0.4, -0.2) is 36.9 Å². The molecule has 4 rings (SSSR count). The van der Waals surface area contributed by atoms with E-state index in [-0.39, 0.29) is 47.5 Å². The van der Waals surface area contributed by atoms with Gasteiger partial charge in [0.2, 0.25) is 0 Å². The molecule has 1 aromatic rings. The lowest BCUT2D eigenvalue weighted by atomic mass is 9.74. The molecule has 144 valence electrons. The highest BCUT2D eigenvalue weighted by molar-refractivity contribution is 6.17. The molecule has 1 saturated carbocycles. The maximum absolute atomic E-state index is 13.3. The molecule has 1 unspecified atom stereocenters. The standard InChI is InChI=1S/C22H26O5/c1-10-7-11(2)16(12(3)8-10)18-20(24)17-14-9-13(5-6-15(23)26-4)22(27-14)19(17)21(18)25/h7-8,13-14,17-19,22H,5-6,9H2,1-4H3/t13-,14+,17+,18?,19-,22-/m1/s1. The number of Topliss-reactive ketones (excluding diaryl/α,β-unsaturated/α-hetero) is 2. The Kier molecular flexibility index (Phi) is 4.46. The van der Waals surface area contributed by atoms with Gasteiger partial charge in [0, 0.05) is 6.42 Å². The molecule has 2 bridgehead atoms. The first-order chi connectivity index (χ1) is 12.8.